The molecule has 0 aromatic carbocycles. The first-order valence-electron chi connectivity index (χ1n) is 9.39. The van der Waals surface area contributed by atoms with Gasteiger partial charge in [0, 0.05) is 17.7 Å². The van der Waals surface area contributed by atoms with Crippen LogP contribution in [0.15, 0.2) is 16.1 Å². The Hall–Kier alpha value is -1.83. The van der Waals surface area contributed by atoms with E-state index in [1.54, 1.807) is 11.8 Å². The molecule has 2 aliphatic rings. The van der Waals surface area contributed by atoms with Gasteiger partial charge in [0.15, 0.2) is 0 Å². The van der Waals surface area contributed by atoms with Crippen LogP contribution in [0.4, 0.5) is 0 Å². The molecule has 7 nitrogen and oxygen atoms in total. The second-order valence-corrected chi connectivity index (χ2v) is 8.15. The number of nitrogens with zero attached hydrogens (tertiary/aromatic N) is 2. The predicted molar refractivity (Wildman–Crippen MR) is 100 cm³/mol. The van der Waals surface area contributed by atoms with Gasteiger partial charge in [0.1, 0.15) is 11.6 Å². The van der Waals surface area contributed by atoms with Gasteiger partial charge in [-0.3, -0.25) is 19.0 Å². The van der Waals surface area contributed by atoms with Gasteiger partial charge in [0.2, 0.25) is 11.8 Å². The van der Waals surface area contributed by atoms with Crippen LogP contribution in [0.3, 0.4) is 0 Å². The molecule has 0 radical (unpaired) electrons. The van der Waals surface area contributed by atoms with Crippen molar-refractivity contribution in [3.05, 3.63) is 22.2 Å². The highest BCUT2D eigenvalue weighted by Gasteiger charge is 2.38. The highest BCUT2D eigenvalue weighted by atomic mass is 32.2. The van der Waals surface area contributed by atoms with Crippen LogP contribution in [0.25, 0.3) is 0 Å². The number of nitrogens with one attached hydrogen (secondary N) is 2. The monoisotopic (exact) mass is 378 g/mol. The number of carbonyl (C=O) groups excluding carboxylic acids is 2. The van der Waals surface area contributed by atoms with Crippen LogP contribution in [-0.4, -0.2) is 39.7 Å². The normalized spacial score (nSPS) is 21.0. The van der Waals surface area contributed by atoms with E-state index in [9.17, 15) is 14.4 Å². The highest BCUT2D eigenvalue weighted by molar-refractivity contribution is 8.00. The summed E-state index contributed by atoms with van der Waals surface area (Å²) in [5.41, 5.74) is 0.673. The number of amides is 2. The second-order valence-electron chi connectivity index (χ2n) is 6.92. The lowest BCUT2D eigenvalue weighted by atomic mass is 9.85. The molecule has 2 unspecified atom stereocenters. The molecule has 142 valence electrons. The van der Waals surface area contributed by atoms with E-state index < -0.39 is 0 Å². The molecule has 2 atom stereocenters. The molecule has 26 heavy (non-hydrogen) atoms. The quantitative estimate of drug-likeness (QED) is 0.553. The summed E-state index contributed by atoms with van der Waals surface area (Å²) in [6.07, 6.45) is 7.86. The van der Waals surface area contributed by atoms with Gasteiger partial charge in [-0.05, 0) is 19.3 Å². The Morgan fingerprint density at radius 1 is 1.27 bits per heavy atom. The lowest BCUT2D eigenvalue weighted by molar-refractivity contribution is -0.126. The Morgan fingerprint density at radius 3 is 2.88 bits per heavy atom. The minimum atomic E-state index is -0.356. The van der Waals surface area contributed by atoms with E-state index in [4.69, 9.17) is 0 Å². The van der Waals surface area contributed by atoms with Gasteiger partial charge >= 0.3 is 0 Å². The summed E-state index contributed by atoms with van der Waals surface area (Å²) in [6, 6.07) is 0. The maximum atomic E-state index is 12.8. The van der Waals surface area contributed by atoms with Crippen LogP contribution >= 0.6 is 11.8 Å². The van der Waals surface area contributed by atoms with Crippen molar-refractivity contribution in [2.24, 2.45) is 0 Å². The summed E-state index contributed by atoms with van der Waals surface area (Å²) < 4.78 is 1.36. The average Bonchev–Trinajstić information content (AvgIpc) is 3.02. The summed E-state index contributed by atoms with van der Waals surface area (Å²) in [4.78, 5) is 41.0. The van der Waals surface area contributed by atoms with Crippen LogP contribution in [0.5, 0.6) is 0 Å². The first-order valence-corrected chi connectivity index (χ1v) is 10.3. The Kier molecular flexibility index (Phi) is 6.34. The average molecular weight is 378 g/mol. The van der Waals surface area contributed by atoms with Gasteiger partial charge in [-0.25, -0.2) is 4.98 Å². The number of hydrogen-bond donors (Lipinski definition) is 2. The lowest BCUT2D eigenvalue weighted by Crippen LogP contribution is -2.40. The van der Waals surface area contributed by atoms with E-state index in [2.05, 4.69) is 15.6 Å². The molecule has 3 rings (SSSR count). The third-order valence-electron chi connectivity index (χ3n) is 4.98. The van der Waals surface area contributed by atoms with Gasteiger partial charge < -0.3 is 10.6 Å². The van der Waals surface area contributed by atoms with Gasteiger partial charge in [0.25, 0.3) is 5.56 Å². The lowest BCUT2D eigenvalue weighted by Gasteiger charge is -2.23. The number of fused-ring (bicyclic) bond motifs is 3. The van der Waals surface area contributed by atoms with Crippen LogP contribution in [-0.2, 0) is 16.1 Å². The molecule has 1 aliphatic carbocycles. The van der Waals surface area contributed by atoms with Crippen molar-refractivity contribution in [1.82, 2.24) is 20.2 Å². The van der Waals surface area contributed by atoms with E-state index in [1.165, 1.54) is 17.3 Å². The Morgan fingerprint density at radius 2 is 2.08 bits per heavy atom. The largest absolute Gasteiger partial charge is 0.355 e. The molecular weight excluding hydrogens is 352 g/mol. The molecule has 1 aromatic heterocycles. The molecule has 2 amide bonds. The molecule has 0 saturated heterocycles. The summed E-state index contributed by atoms with van der Waals surface area (Å²) in [5, 5.41) is 6.59. The standard InChI is InChI=1S/C18H26N4O3S/c1-2-3-8-19-14(23)9-20-15(24)10-22-11-21-17-16(18(22)25)12-6-4-5-7-13(12)26-17/h11-13H,2-10H2,1H3,(H,19,23)(H,20,24). The fourth-order valence-electron chi connectivity index (χ4n) is 3.58. The van der Waals surface area contributed by atoms with E-state index in [-0.39, 0.29) is 36.4 Å². The van der Waals surface area contributed by atoms with Crippen molar-refractivity contribution in [3.8, 4) is 0 Å². The van der Waals surface area contributed by atoms with E-state index in [0.717, 1.165) is 42.7 Å². The SMILES string of the molecule is CCCCNC(=O)CNC(=O)Cn1cnc2c(c1=O)C1CCCCC1S2. The number of unbranched alkanes of at least 4 members (excludes halogenated alkanes) is 1. The minimum Gasteiger partial charge on any atom is -0.355 e. The minimum absolute atomic E-state index is 0.0732. The molecule has 1 saturated carbocycles. The van der Waals surface area contributed by atoms with Gasteiger partial charge in [-0.2, -0.15) is 0 Å². The zero-order valence-electron chi connectivity index (χ0n) is 15.1. The maximum absolute atomic E-state index is 12.8. The van der Waals surface area contributed by atoms with Gasteiger partial charge in [0.05, 0.1) is 18.4 Å². The summed E-state index contributed by atoms with van der Waals surface area (Å²) in [5.74, 6) is -0.304. The summed E-state index contributed by atoms with van der Waals surface area (Å²) >= 11 is 1.71. The summed E-state index contributed by atoms with van der Waals surface area (Å²) in [7, 11) is 0. The Labute approximate surface area is 157 Å². The molecule has 1 aliphatic heterocycles. The van der Waals surface area contributed by atoms with Crippen molar-refractivity contribution in [2.45, 2.75) is 68.2 Å². The summed E-state index contributed by atoms with van der Waals surface area (Å²) in [6.45, 7) is 2.48. The number of carbonyl (C=O) groups is 2. The highest BCUT2D eigenvalue weighted by Crippen LogP contribution is 2.49. The topological polar surface area (TPSA) is 93.1 Å². The smallest absolute Gasteiger partial charge is 0.258 e. The molecule has 1 fully saturated rings. The molecule has 2 N–H and O–H groups in total. The fourth-order valence-corrected chi connectivity index (χ4v) is 5.06. The van der Waals surface area contributed by atoms with Gasteiger partial charge in [-0.1, -0.05) is 26.2 Å². The molecule has 0 bridgehead atoms. The zero-order chi connectivity index (χ0) is 18.5. The first-order chi connectivity index (χ1) is 12.6. The second kappa shape index (κ2) is 8.70. The maximum Gasteiger partial charge on any atom is 0.258 e. The Bertz CT molecular complexity index is 734. The molecule has 0 spiro atoms. The number of hydrogen-bond acceptors (Lipinski definition) is 5. The third kappa shape index (κ3) is 4.28. The predicted octanol–water partition coefficient (Wildman–Crippen LogP) is 1.41. The van der Waals surface area contributed by atoms with E-state index in [1.807, 2.05) is 6.92 Å². The van der Waals surface area contributed by atoms with Crippen LogP contribution in [0.1, 0.15) is 56.9 Å². The van der Waals surface area contributed by atoms with Gasteiger partial charge in [-0.15, -0.1) is 11.8 Å². The fraction of sp³-hybridized carbons (Fsp3) is 0.667. The van der Waals surface area contributed by atoms with Crippen LogP contribution < -0.4 is 16.2 Å². The zero-order valence-corrected chi connectivity index (χ0v) is 15.9. The molecule has 8 heteroatoms. The van der Waals surface area contributed by atoms with Crippen molar-refractivity contribution in [3.63, 3.8) is 0 Å². The van der Waals surface area contributed by atoms with Crippen molar-refractivity contribution < 1.29 is 9.59 Å². The molecule has 2 heterocycles. The van der Waals surface area contributed by atoms with Crippen molar-refractivity contribution in [2.75, 3.05) is 13.1 Å². The van der Waals surface area contributed by atoms with Crippen LogP contribution in [0, 0.1) is 0 Å². The Balaban J connectivity index is 1.58. The number of rotatable bonds is 7. The van der Waals surface area contributed by atoms with Crippen molar-refractivity contribution >= 4 is 23.6 Å². The first kappa shape index (κ1) is 18.9. The van der Waals surface area contributed by atoms with E-state index in [0.29, 0.717) is 11.8 Å². The molecular formula is C18H26N4O3S. The third-order valence-corrected chi connectivity index (χ3v) is 6.40. The molecule has 1 aromatic rings. The number of thioether (sulfide) groups is 1. The van der Waals surface area contributed by atoms with E-state index >= 15 is 0 Å². The van der Waals surface area contributed by atoms with Crippen molar-refractivity contribution in [1.29, 1.82) is 0 Å². The number of aromatic nitrogens is 2. The van der Waals surface area contributed by atoms with Crippen LogP contribution in [0.2, 0.25) is 0 Å².